The summed E-state index contributed by atoms with van der Waals surface area (Å²) in [4.78, 5) is 22.2. The van der Waals surface area contributed by atoms with Crippen LogP contribution in [-0.4, -0.2) is 51.6 Å². The van der Waals surface area contributed by atoms with Crippen molar-refractivity contribution in [1.29, 1.82) is 0 Å². The van der Waals surface area contributed by atoms with Gasteiger partial charge >= 0.3 is 0 Å². The van der Waals surface area contributed by atoms with E-state index in [0.29, 0.717) is 56.8 Å². The minimum absolute atomic E-state index is 0.199. The van der Waals surface area contributed by atoms with Gasteiger partial charge in [-0.3, -0.25) is 4.79 Å². The molecule has 2 aromatic heterocycles. The number of carbonyl (C=O) groups is 1. The number of carbonyl (C=O) groups excluding carboxylic acids is 1. The van der Waals surface area contributed by atoms with Crippen LogP contribution < -0.4 is 14.8 Å². The number of hydrogen-bond donors (Lipinski definition) is 1. The molecule has 0 radical (unpaired) electrons. The third-order valence-electron chi connectivity index (χ3n) is 5.52. The van der Waals surface area contributed by atoms with Crippen molar-refractivity contribution in [2.75, 3.05) is 20.8 Å². The van der Waals surface area contributed by atoms with E-state index < -0.39 is 0 Å². The zero-order valence-corrected chi connectivity index (χ0v) is 23.6. The fourth-order valence-electron chi connectivity index (χ4n) is 3.81. The van der Waals surface area contributed by atoms with Crippen LogP contribution in [0.25, 0.3) is 5.69 Å². The molecule has 0 atom stereocenters. The first-order valence-corrected chi connectivity index (χ1v) is 13.4. The van der Waals surface area contributed by atoms with Crippen molar-refractivity contribution in [1.82, 2.24) is 30.3 Å². The highest BCUT2D eigenvalue weighted by atomic mass is 35.5. The second-order valence-electron chi connectivity index (χ2n) is 8.34. The number of rotatable bonds is 10. The average molecular weight is 574 g/mol. The molecule has 38 heavy (non-hydrogen) atoms. The first-order valence-electron chi connectivity index (χ1n) is 11.6. The lowest BCUT2D eigenvalue weighted by Crippen LogP contribution is -2.27. The summed E-state index contributed by atoms with van der Waals surface area (Å²) in [6.45, 7) is 4.21. The molecular formula is C26H26Cl2N6O3S. The fourth-order valence-corrected chi connectivity index (χ4v) is 5.26. The molecule has 0 saturated heterocycles. The third kappa shape index (κ3) is 6.75. The molecule has 0 unspecified atom stereocenters. The van der Waals surface area contributed by atoms with Crippen LogP contribution in [0.2, 0.25) is 10.0 Å². The highest BCUT2D eigenvalue weighted by Crippen LogP contribution is 2.28. The minimum Gasteiger partial charge on any atom is -0.493 e. The lowest BCUT2D eigenvalue weighted by molar-refractivity contribution is 0.0948. The van der Waals surface area contributed by atoms with Crippen molar-refractivity contribution in [3.8, 4) is 17.2 Å². The first-order chi connectivity index (χ1) is 18.3. The number of amides is 1. The largest absolute Gasteiger partial charge is 0.493 e. The lowest BCUT2D eigenvalue weighted by atomic mass is 10.1. The molecule has 1 amide bonds. The molecule has 0 spiro atoms. The van der Waals surface area contributed by atoms with E-state index in [9.17, 15) is 4.79 Å². The lowest BCUT2D eigenvalue weighted by Gasteiger charge is -2.11. The van der Waals surface area contributed by atoms with Gasteiger partial charge in [0.2, 0.25) is 0 Å². The summed E-state index contributed by atoms with van der Waals surface area (Å²) in [6.07, 6.45) is 0.588. The SMILES string of the molecule is COc1ccc(CCNC(=O)c2nnn(-c3cc(Cl)cc(Cl)c3)c2CSc2nc(C)cc(C)n2)cc1OC. The Kier molecular flexibility index (Phi) is 9.09. The number of halogens is 2. The summed E-state index contributed by atoms with van der Waals surface area (Å²) in [5.74, 6) is 1.28. The van der Waals surface area contributed by atoms with Gasteiger partial charge in [0.1, 0.15) is 0 Å². The van der Waals surface area contributed by atoms with Crippen LogP contribution in [0.15, 0.2) is 47.6 Å². The summed E-state index contributed by atoms with van der Waals surface area (Å²) < 4.78 is 12.2. The van der Waals surface area contributed by atoms with Crippen molar-refractivity contribution in [3.05, 3.63) is 80.8 Å². The van der Waals surface area contributed by atoms with E-state index in [2.05, 4.69) is 25.6 Å². The number of thioether (sulfide) groups is 1. The number of benzene rings is 2. The summed E-state index contributed by atoms with van der Waals surface area (Å²) in [6, 6.07) is 12.6. The fraction of sp³-hybridized carbons (Fsp3) is 0.269. The zero-order chi connectivity index (χ0) is 27.2. The molecular weight excluding hydrogens is 547 g/mol. The Bertz CT molecular complexity index is 1420. The summed E-state index contributed by atoms with van der Waals surface area (Å²) in [5.41, 5.74) is 4.08. The summed E-state index contributed by atoms with van der Waals surface area (Å²) in [5, 5.41) is 12.9. The molecule has 2 aromatic carbocycles. The van der Waals surface area contributed by atoms with Crippen LogP contribution in [0.1, 0.15) is 33.1 Å². The number of ether oxygens (including phenoxy) is 2. The van der Waals surface area contributed by atoms with Crippen molar-refractivity contribution in [3.63, 3.8) is 0 Å². The maximum atomic E-state index is 13.2. The maximum absolute atomic E-state index is 13.2. The van der Waals surface area contributed by atoms with Gasteiger partial charge in [-0.05, 0) is 62.2 Å². The quantitative estimate of drug-likeness (QED) is 0.202. The van der Waals surface area contributed by atoms with E-state index in [1.165, 1.54) is 11.8 Å². The van der Waals surface area contributed by atoms with E-state index in [0.717, 1.165) is 17.0 Å². The topological polar surface area (TPSA) is 104 Å². The molecule has 0 aliphatic rings. The smallest absolute Gasteiger partial charge is 0.273 e. The van der Waals surface area contributed by atoms with E-state index in [1.807, 2.05) is 38.1 Å². The van der Waals surface area contributed by atoms with Gasteiger partial charge in [0.05, 0.1) is 25.6 Å². The zero-order valence-electron chi connectivity index (χ0n) is 21.3. The third-order valence-corrected chi connectivity index (χ3v) is 6.81. The molecule has 12 heteroatoms. The number of aryl methyl sites for hydroxylation is 2. The van der Waals surface area contributed by atoms with Gasteiger partial charge in [-0.2, -0.15) is 0 Å². The van der Waals surface area contributed by atoms with Crippen LogP contribution in [0.4, 0.5) is 0 Å². The minimum atomic E-state index is -0.346. The van der Waals surface area contributed by atoms with Gasteiger partial charge in [0, 0.05) is 33.7 Å². The molecule has 4 rings (SSSR count). The second-order valence-corrected chi connectivity index (χ2v) is 10.2. The van der Waals surface area contributed by atoms with Gasteiger partial charge in [-0.15, -0.1) is 5.10 Å². The standard InChI is InChI=1S/C26H26Cl2N6O3S/c1-15-9-16(2)31-26(30-15)38-14-21-24(32-33-34(21)20-12-18(27)11-19(28)13-20)25(35)29-8-7-17-5-6-22(36-3)23(10-17)37-4/h5-6,9-13H,7-8,14H2,1-4H3,(H,29,35). The molecule has 0 fully saturated rings. The Morgan fingerprint density at radius 2 is 1.66 bits per heavy atom. The number of aromatic nitrogens is 5. The molecule has 0 aliphatic carbocycles. The van der Waals surface area contributed by atoms with Gasteiger partial charge in [0.15, 0.2) is 22.3 Å². The molecule has 2 heterocycles. The highest BCUT2D eigenvalue weighted by molar-refractivity contribution is 7.98. The number of methoxy groups -OCH3 is 2. The predicted octanol–water partition coefficient (Wildman–Crippen LogP) is 5.26. The average Bonchev–Trinajstić information content (AvgIpc) is 3.30. The van der Waals surface area contributed by atoms with E-state index >= 15 is 0 Å². The highest BCUT2D eigenvalue weighted by Gasteiger charge is 2.22. The normalized spacial score (nSPS) is 10.9. The summed E-state index contributed by atoms with van der Waals surface area (Å²) in [7, 11) is 3.17. The molecule has 4 aromatic rings. The predicted molar refractivity (Wildman–Crippen MR) is 148 cm³/mol. The molecule has 0 saturated carbocycles. The van der Waals surface area contributed by atoms with Gasteiger partial charge in [-0.1, -0.05) is 46.2 Å². The first kappa shape index (κ1) is 27.7. The Hall–Kier alpha value is -3.34. The second kappa shape index (κ2) is 12.5. The van der Waals surface area contributed by atoms with Gasteiger partial charge in [0.25, 0.3) is 5.91 Å². The van der Waals surface area contributed by atoms with E-state index in [4.69, 9.17) is 32.7 Å². The monoisotopic (exact) mass is 572 g/mol. The Labute approximate surface area is 234 Å². The molecule has 198 valence electrons. The number of nitrogens with one attached hydrogen (secondary N) is 1. The Morgan fingerprint density at radius 3 is 2.32 bits per heavy atom. The van der Waals surface area contributed by atoms with Crippen molar-refractivity contribution in [2.45, 2.75) is 31.2 Å². The Morgan fingerprint density at radius 1 is 0.974 bits per heavy atom. The molecule has 9 nitrogen and oxygen atoms in total. The van der Waals surface area contributed by atoms with Crippen LogP contribution in [-0.2, 0) is 12.2 Å². The van der Waals surface area contributed by atoms with Crippen molar-refractivity contribution in [2.24, 2.45) is 0 Å². The van der Waals surface area contributed by atoms with Crippen LogP contribution in [0, 0.1) is 13.8 Å². The molecule has 1 N–H and O–H groups in total. The van der Waals surface area contributed by atoms with E-state index in [-0.39, 0.29) is 11.6 Å². The van der Waals surface area contributed by atoms with Crippen LogP contribution >= 0.6 is 35.0 Å². The van der Waals surface area contributed by atoms with Crippen molar-refractivity contribution >= 4 is 40.9 Å². The Balaban J connectivity index is 1.56. The van der Waals surface area contributed by atoms with E-state index in [1.54, 1.807) is 37.1 Å². The molecule has 0 aliphatic heterocycles. The van der Waals surface area contributed by atoms with Crippen LogP contribution in [0.5, 0.6) is 11.5 Å². The van der Waals surface area contributed by atoms with Crippen LogP contribution in [0.3, 0.4) is 0 Å². The number of nitrogens with zero attached hydrogens (tertiary/aromatic N) is 5. The van der Waals surface area contributed by atoms with Crippen molar-refractivity contribution < 1.29 is 14.3 Å². The maximum Gasteiger partial charge on any atom is 0.273 e. The summed E-state index contributed by atoms with van der Waals surface area (Å²) >= 11 is 13.8. The van der Waals surface area contributed by atoms with Gasteiger partial charge in [-0.25, -0.2) is 14.6 Å². The van der Waals surface area contributed by atoms with Gasteiger partial charge < -0.3 is 14.8 Å². The number of hydrogen-bond acceptors (Lipinski definition) is 8. The molecule has 0 bridgehead atoms.